The van der Waals surface area contributed by atoms with Crippen LogP contribution in [0.1, 0.15) is 24.8 Å². The fourth-order valence-electron chi connectivity index (χ4n) is 2.00. The lowest BCUT2D eigenvalue weighted by atomic mass is 10.1. The number of hydrogen-bond acceptors (Lipinski definition) is 2. The molecule has 2 N–H and O–H groups in total. The van der Waals surface area contributed by atoms with Crippen LogP contribution in [0.15, 0.2) is 18.2 Å². The van der Waals surface area contributed by atoms with Crippen molar-refractivity contribution in [2.24, 2.45) is 5.73 Å². The number of carbonyl (C=O) groups excluding carboxylic acids is 1. The minimum absolute atomic E-state index is 0.0885. The second-order valence-electron chi connectivity index (χ2n) is 4.17. The highest BCUT2D eigenvalue weighted by atomic mass is 19.1. The Morgan fingerprint density at radius 1 is 1.39 bits per heavy atom. The SMILES string of the molecule is NCC#Cc1cc(N2CCCCC2=O)ccc1F. The first-order valence-electron chi connectivity index (χ1n) is 6.01. The van der Waals surface area contributed by atoms with Crippen molar-refractivity contribution in [3.8, 4) is 11.8 Å². The average molecular weight is 246 g/mol. The van der Waals surface area contributed by atoms with Gasteiger partial charge in [0.1, 0.15) is 5.82 Å². The van der Waals surface area contributed by atoms with Gasteiger partial charge in [0.05, 0.1) is 12.1 Å². The molecule has 0 unspecified atom stereocenters. The molecule has 0 bridgehead atoms. The number of nitrogens with zero attached hydrogens (tertiary/aromatic N) is 1. The third kappa shape index (κ3) is 2.69. The molecule has 1 saturated heterocycles. The van der Waals surface area contributed by atoms with E-state index >= 15 is 0 Å². The normalized spacial score (nSPS) is 15.2. The highest BCUT2D eigenvalue weighted by Crippen LogP contribution is 2.23. The van der Waals surface area contributed by atoms with Gasteiger partial charge in [-0.25, -0.2) is 4.39 Å². The summed E-state index contributed by atoms with van der Waals surface area (Å²) in [6.45, 7) is 0.876. The number of nitrogens with two attached hydrogens (primary N) is 1. The maximum Gasteiger partial charge on any atom is 0.226 e. The lowest BCUT2D eigenvalue weighted by molar-refractivity contribution is -0.119. The van der Waals surface area contributed by atoms with Gasteiger partial charge in [0, 0.05) is 18.7 Å². The van der Waals surface area contributed by atoms with Gasteiger partial charge in [0.2, 0.25) is 5.91 Å². The fraction of sp³-hybridized carbons (Fsp3) is 0.357. The van der Waals surface area contributed by atoms with E-state index in [1.54, 1.807) is 17.0 Å². The second-order valence-corrected chi connectivity index (χ2v) is 4.17. The van der Waals surface area contributed by atoms with Crippen LogP contribution in [0.4, 0.5) is 10.1 Å². The predicted octanol–water partition coefficient (Wildman–Crippen LogP) is 1.65. The maximum atomic E-state index is 13.5. The molecule has 3 nitrogen and oxygen atoms in total. The summed E-state index contributed by atoms with van der Waals surface area (Å²) in [6.07, 6.45) is 2.46. The molecule has 1 aromatic carbocycles. The number of rotatable bonds is 1. The summed E-state index contributed by atoms with van der Waals surface area (Å²) in [4.78, 5) is 13.5. The molecule has 1 aliphatic heterocycles. The third-order valence-electron chi connectivity index (χ3n) is 2.91. The van der Waals surface area contributed by atoms with Crippen LogP contribution in [0.2, 0.25) is 0 Å². The second kappa shape index (κ2) is 5.65. The van der Waals surface area contributed by atoms with E-state index in [9.17, 15) is 9.18 Å². The Bertz CT molecular complexity index is 516. The van der Waals surface area contributed by atoms with Crippen LogP contribution < -0.4 is 10.6 Å². The van der Waals surface area contributed by atoms with Crippen LogP contribution in [0.25, 0.3) is 0 Å². The highest BCUT2D eigenvalue weighted by Gasteiger charge is 2.20. The van der Waals surface area contributed by atoms with Gasteiger partial charge in [-0.3, -0.25) is 4.79 Å². The summed E-state index contributed by atoms with van der Waals surface area (Å²) in [5.74, 6) is 5.00. The molecule has 94 valence electrons. The first-order chi connectivity index (χ1) is 8.72. The standard InChI is InChI=1S/C14H15FN2O/c15-13-7-6-12(10-11(13)4-3-8-16)17-9-2-1-5-14(17)18/h6-7,10H,1-2,5,8-9,16H2. The van der Waals surface area contributed by atoms with E-state index in [4.69, 9.17) is 5.73 Å². The Morgan fingerprint density at radius 3 is 2.94 bits per heavy atom. The molecule has 0 atom stereocenters. The molecule has 4 heteroatoms. The molecule has 1 aliphatic rings. The number of benzene rings is 1. The topological polar surface area (TPSA) is 46.3 Å². The quantitative estimate of drug-likeness (QED) is 0.766. The van der Waals surface area contributed by atoms with Crippen molar-refractivity contribution in [3.05, 3.63) is 29.6 Å². The van der Waals surface area contributed by atoms with E-state index in [1.807, 2.05) is 0 Å². The molecule has 1 fully saturated rings. The van der Waals surface area contributed by atoms with Crippen LogP contribution in [-0.2, 0) is 4.79 Å². The molecule has 1 amide bonds. The number of piperidine rings is 1. The molecular weight excluding hydrogens is 231 g/mol. The maximum absolute atomic E-state index is 13.5. The summed E-state index contributed by atoms with van der Waals surface area (Å²) >= 11 is 0. The molecule has 0 spiro atoms. The molecule has 0 saturated carbocycles. The van der Waals surface area contributed by atoms with Gasteiger partial charge in [0.25, 0.3) is 0 Å². The van der Waals surface area contributed by atoms with Crippen LogP contribution in [0.5, 0.6) is 0 Å². The summed E-state index contributed by atoms with van der Waals surface area (Å²) in [6, 6.07) is 4.57. The van der Waals surface area contributed by atoms with Gasteiger partial charge >= 0.3 is 0 Å². The molecule has 18 heavy (non-hydrogen) atoms. The van der Waals surface area contributed by atoms with Crippen molar-refractivity contribution in [1.29, 1.82) is 0 Å². The summed E-state index contributed by atoms with van der Waals surface area (Å²) in [5, 5.41) is 0. The molecule has 0 aromatic heterocycles. The van der Waals surface area contributed by atoms with Gasteiger partial charge in [0.15, 0.2) is 0 Å². The number of amides is 1. The zero-order valence-electron chi connectivity index (χ0n) is 10.1. The number of carbonyl (C=O) groups is 1. The molecule has 0 aliphatic carbocycles. The fourth-order valence-corrected chi connectivity index (χ4v) is 2.00. The van der Waals surface area contributed by atoms with E-state index in [1.165, 1.54) is 6.07 Å². The highest BCUT2D eigenvalue weighted by molar-refractivity contribution is 5.94. The molecule has 2 rings (SSSR count). The predicted molar refractivity (Wildman–Crippen MR) is 68.5 cm³/mol. The largest absolute Gasteiger partial charge is 0.320 e. The zero-order chi connectivity index (χ0) is 13.0. The smallest absolute Gasteiger partial charge is 0.226 e. The Kier molecular flexibility index (Phi) is 3.96. The van der Waals surface area contributed by atoms with Crippen molar-refractivity contribution in [2.75, 3.05) is 18.0 Å². The van der Waals surface area contributed by atoms with E-state index < -0.39 is 0 Å². The lowest BCUT2D eigenvalue weighted by Gasteiger charge is -2.26. The van der Waals surface area contributed by atoms with Crippen LogP contribution in [-0.4, -0.2) is 19.0 Å². The first kappa shape index (κ1) is 12.6. The molecule has 1 aromatic rings. The van der Waals surface area contributed by atoms with Crippen molar-refractivity contribution in [2.45, 2.75) is 19.3 Å². The van der Waals surface area contributed by atoms with Crippen LogP contribution in [0.3, 0.4) is 0 Å². The van der Waals surface area contributed by atoms with Gasteiger partial charge < -0.3 is 10.6 Å². The van der Waals surface area contributed by atoms with E-state index in [-0.39, 0.29) is 23.8 Å². The molecular formula is C14H15FN2O. The summed E-state index contributed by atoms with van der Waals surface area (Å²) < 4.78 is 13.5. The number of anilines is 1. The lowest BCUT2D eigenvalue weighted by Crippen LogP contribution is -2.35. The Balaban J connectivity index is 2.31. The summed E-state index contributed by atoms with van der Waals surface area (Å²) in [5.41, 5.74) is 6.27. The van der Waals surface area contributed by atoms with E-state index in [2.05, 4.69) is 11.8 Å². The zero-order valence-corrected chi connectivity index (χ0v) is 10.1. The Morgan fingerprint density at radius 2 is 2.22 bits per heavy atom. The van der Waals surface area contributed by atoms with Crippen LogP contribution >= 0.6 is 0 Å². The van der Waals surface area contributed by atoms with Gasteiger partial charge in [-0.1, -0.05) is 11.8 Å². The Hall–Kier alpha value is -1.86. The van der Waals surface area contributed by atoms with Crippen LogP contribution in [0, 0.1) is 17.7 Å². The number of halogens is 1. The van der Waals surface area contributed by atoms with Gasteiger partial charge in [-0.2, -0.15) is 0 Å². The average Bonchev–Trinajstić information content (AvgIpc) is 2.39. The van der Waals surface area contributed by atoms with E-state index in [0.717, 1.165) is 12.8 Å². The van der Waals surface area contributed by atoms with Crippen molar-refractivity contribution in [3.63, 3.8) is 0 Å². The summed E-state index contributed by atoms with van der Waals surface area (Å²) in [7, 11) is 0. The monoisotopic (exact) mass is 246 g/mol. The molecule has 0 radical (unpaired) electrons. The van der Waals surface area contributed by atoms with Crippen molar-refractivity contribution in [1.82, 2.24) is 0 Å². The van der Waals surface area contributed by atoms with Gasteiger partial charge in [-0.15, -0.1) is 0 Å². The van der Waals surface area contributed by atoms with Crippen molar-refractivity contribution >= 4 is 11.6 Å². The first-order valence-corrected chi connectivity index (χ1v) is 6.01. The van der Waals surface area contributed by atoms with Crippen molar-refractivity contribution < 1.29 is 9.18 Å². The number of hydrogen-bond donors (Lipinski definition) is 1. The van der Waals surface area contributed by atoms with Gasteiger partial charge in [-0.05, 0) is 31.0 Å². The third-order valence-corrected chi connectivity index (χ3v) is 2.91. The minimum Gasteiger partial charge on any atom is -0.320 e. The molecule has 1 heterocycles. The minimum atomic E-state index is -0.385. The Labute approximate surface area is 106 Å². The van der Waals surface area contributed by atoms with E-state index in [0.29, 0.717) is 18.7 Å².